The molecule has 1 nitrogen and oxygen atoms in total. The highest BCUT2D eigenvalue weighted by Crippen LogP contribution is 2.35. The Morgan fingerprint density at radius 2 is 1.71 bits per heavy atom. The molecular formula is C19H23BrO. The Balaban J connectivity index is 2.39. The van der Waals surface area contributed by atoms with E-state index in [0.717, 1.165) is 16.8 Å². The summed E-state index contributed by atoms with van der Waals surface area (Å²) in [5, 5.41) is 0.872. The lowest BCUT2D eigenvalue weighted by Crippen LogP contribution is -2.12. The van der Waals surface area contributed by atoms with Gasteiger partial charge in [-0.05, 0) is 54.2 Å². The Hall–Kier alpha value is -1.28. The van der Waals surface area contributed by atoms with Gasteiger partial charge in [-0.2, -0.15) is 0 Å². The Labute approximate surface area is 136 Å². The van der Waals surface area contributed by atoms with Crippen LogP contribution in [0.15, 0.2) is 36.4 Å². The minimum atomic E-state index is 0.0634. The van der Waals surface area contributed by atoms with Crippen LogP contribution >= 0.6 is 15.9 Å². The van der Waals surface area contributed by atoms with E-state index in [1.54, 1.807) is 0 Å². The van der Waals surface area contributed by atoms with E-state index in [4.69, 9.17) is 4.74 Å². The van der Waals surface area contributed by atoms with Crippen molar-refractivity contribution in [2.24, 2.45) is 0 Å². The Morgan fingerprint density at radius 1 is 1.00 bits per heavy atom. The summed E-state index contributed by atoms with van der Waals surface area (Å²) in [4.78, 5) is 0. The third-order valence-electron chi connectivity index (χ3n) is 3.63. The van der Waals surface area contributed by atoms with Crippen molar-refractivity contribution in [3.8, 4) is 11.5 Å². The average Bonchev–Trinajstić information content (AvgIpc) is 2.37. The second kappa shape index (κ2) is 6.23. The third kappa shape index (κ3) is 3.88. The molecule has 0 aromatic heterocycles. The van der Waals surface area contributed by atoms with Crippen molar-refractivity contribution >= 4 is 15.9 Å². The summed E-state index contributed by atoms with van der Waals surface area (Å²) in [6.45, 7) is 10.8. The van der Waals surface area contributed by atoms with E-state index in [1.807, 2.05) is 6.07 Å². The number of aryl methyl sites for hydroxylation is 2. The third-order valence-corrected chi connectivity index (χ3v) is 4.24. The van der Waals surface area contributed by atoms with Crippen molar-refractivity contribution < 1.29 is 4.74 Å². The van der Waals surface area contributed by atoms with Crippen LogP contribution < -0.4 is 4.74 Å². The lowest BCUT2D eigenvalue weighted by molar-refractivity contribution is 0.454. The molecule has 0 unspecified atom stereocenters. The van der Waals surface area contributed by atoms with Gasteiger partial charge < -0.3 is 4.74 Å². The van der Waals surface area contributed by atoms with Crippen molar-refractivity contribution in [1.82, 2.24) is 0 Å². The van der Waals surface area contributed by atoms with E-state index in [2.05, 4.69) is 80.9 Å². The zero-order chi connectivity index (χ0) is 15.6. The largest absolute Gasteiger partial charge is 0.457 e. The summed E-state index contributed by atoms with van der Waals surface area (Å²) in [5.74, 6) is 1.85. The molecule has 0 atom stereocenters. The van der Waals surface area contributed by atoms with Crippen LogP contribution in [0.2, 0.25) is 0 Å². The molecule has 2 heteroatoms. The van der Waals surface area contributed by atoms with Gasteiger partial charge in [0.05, 0.1) is 0 Å². The second-order valence-electron chi connectivity index (χ2n) is 6.57. The molecular weight excluding hydrogens is 324 g/mol. The van der Waals surface area contributed by atoms with E-state index in [9.17, 15) is 0 Å². The fraction of sp³-hybridized carbons (Fsp3) is 0.368. The van der Waals surface area contributed by atoms with Crippen LogP contribution in [0.25, 0.3) is 0 Å². The van der Waals surface area contributed by atoms with Crippen LogP contribution in [0.1, 0.15) is 43.0 Å². The van der Waals surface area contributed by atoms with Gasteiger partial charge in [0.15, 0.2) is 0 Å². The fourth-order valence-corrected chi connectivity index (χ4v) is 2.97. The van der Waals surface area contributed by atoms with Crippen LogP contribution in [0.4, 0.5) is 0 Å². The zero-order valence-electron chi connectivity index (χ0n) is 13.5. The van der Waals surface area contributed by atoms with Crippen LogP contribution in [0.5, 0.6) is 11.5 Å². The molecule has 2 aromatic rings. The van der Waals surface area contributed by atoms with E-state index in [-0.39, 0.29) is 5.41 Å². The molecule has 0 spiro atoms. The van der Waals surface area contributed by atoms with E-state index in [1.165, 1.54) is 22.3 Å². The molecule has 2 aromatic carbocycles. The van der Waals surface area contributed by atoms with Crippen LogP contribution in [0, 0.1) is 13.8 Å². The molecule has 0 aliphatic carbocycles. The van der Waals surface area contributed by atoms with E-state index >= 15 is 0 Å². The smallest absolute Gasteiger partial charge is 0.131 e. The molecule has 21 heavy (non-hydrogen) atoms. The number of ether oxygens (including phenoxy) is 1. The monoisotopic (exact) mass is 346 g/mol. The average molecular weight is 347 g/mol. The number of hydrogen-bond donors (Lipinski definition) is 0. The van der Waals surface area contributed by atoms with Crippen molar-refractivity contribution in [3.05, 3.63) is 58.7 Å². The summed E-state index contributed by atoms with van der Waals surface area (Å²) in [7, 11) is 0. The van der Waals surface area contributed by atoms with Crippen LogP contribution in [0.3, 0.4) is 0 Å². The van der Waals surface area contributed by atoms with Gasteiger partial charge in [-0.1, -0.05) is 54.9 Å². The second-order valence-corrected chi connectivity index (χ2v) is 7.13. The number of hydrogen-bond acceptors (Lipinski definition) is 1. The first-order valence-corrected chi connectivity index (χ1v) is 8.38. The van der Waals surface area contributed by atoms with Crippen LogP contribution in [-0.4, -0.2) is 0 Å². The maximum atomic E-state index is 6.18. The summed E-state index contributed by atoms with van der Waals surface area (Å²) >= 11 is 3.51. The molecule has 0 fully saturated rings. The summed E-state index contributed by atoms with van der Waals surface area (Å²) in [5.41, 5.74) is 5.05. The first-order valence-electron chi connectivity index (χ1n) is 7.26. The topological polar surface area (TPSA) is 9.23 Å². The van der Waals surface area contributed by atoms with Gasteiger partial charge in [0.2, 0.25) is 0 Å². The SMILES string of the molecule is Cc1ccc(C(C)(C)C)c(Oc2ccc(CBr)c(C)c2)c1. The minimum Gasteiger partial charge on any atom is -0.457 e. The molecule has 2 rings (SSSR count). The predicted molar refractivity (Wildman–Crippen MR) is 93.8 cm³/mol. The van der Waals surface area contributed by atoms with Crippen molar-refractivity contribution in [1.29, 1.82) is 0 Å². The zero-order valence-corrected chi connectivity index (χ0v) is 15.0. The Bertz CT molecular complexity index is 638. The maximum absolute atomic E-state index is 6.18. The van der Waals surface area contributed by atoms with E-state index in [0.29, 0.717) is 0 Å². The van der Waals surface area contributed by atoms with Gasteiger partial charge in [0, 0.05) is 10.9 Å². The molecule has 0 N–H and O–H groups in total. The summed E-state index contributed by atoms with van der Waals surface area (Å²) < 4.78 is 6.18. The first kappa shape index (κ1) is 16.1. The van der Waals surface area contributed by atoms with Gasteiger partial charge >= 0.3 is 0 Å². The number of halogens is 1. The van der Waals surface area contributed by atoms with Crippen molar-refractivity contribution in [3.63, 3.8) is 0 Å². The molecule has 0 saturated heterocycles. The number of benzene rings is 2. The molecule has 0 radical (unpaired) electrons. The molecule has 0 heterocycles. The van der Waals surface area contributed by atoms with Gasteiger partial charge in [-0.3, -0.25) is 0 Å². The summed E-state index contributed by atoms with van der Waals surface area (Å²) in [6.07, 6.45) is 0. The lowest BCUT2D eigenvalue weighted by atomic mass is 9.86. The minimum absolute atomic E-state index is 0.0634. The summed E-state index contributed by atoms with van der Waals surface area (Å²) in [6, 6.07) is 12.7. The van der Waals surface area contributed by atoms with Gasteiger partial charge in [-0.15, -0.1) is 0 Å². The maximum Gasteiger partial charge on any atom is 0.131 e. The number of rotatable bonds is 3. The fourth-order valence-electron chi connectivity index (χ4n) is 2.34. The Morgan fingerprint density at radius 3 is 2.29 bits per heavy atom. The highest BCUT2D eigenvalue weighted by Gasteiger charge is 2.19. The normalized spacial score (nSPS) is 11.5. The van der Waals surface area contributed by atoms with Gasteiger partial charge in [0.1, 0.15) is 11.5 Å². The highest BCUT2D eigenvalue weighted by atomic mass is 79.9. The lowest BCUT2D eigenvalue weighted by Gasteiger charge is -2.23. The molecule has 112 valence electrons. The standard InChI is InChI=1S/C19H23BrO/c1-13-6-9-17(19(3,4)5)18(10-13)21-16-8-7-15(12-20)14(2)11-16/h6-11H,12H2,1-5H3. The number of alkyl halides is 1. The molecule has 0 amide bonds. The predicted octanol–water partition coefficient (Wildman–Crippen LogP) is 6.29. The highest BCUT2D eigenvalue weighted by molar-refractivity contribution is 9.08. The van der Waals surface area contributed by atoms with Gasteiger partial charge in [-0.25, -0.2) is 0 Å². The Kier molecular flexibility index (Phi) is 4.77. The van der Waals surface area contributed by atoms with Crippen LogP contribution in [-0.2, 0) is 10.7 Å². The molecule has 0 aliphatic rings. The van der Waals surface area contributed by atoms with Crippen molar-refractivity contribution in [2.45, 2.75) is 45.4 Å². The quantitative estimate of drug-likeness (QED) is 0.593. The van der Waals surface area contributed by atoms with Gasteiger partial charge in [0.25, 0.3) is 0 Å². The van der Waals surface area contributed by atoms with Crippen molar-refractivity contribution in [2.75, 3.05) is 0 Å². The molecule has 0 aliphatic heterocycles. The molecule has 0 saturated carbocycles. The molecule has 0 bridgehead atoms. The first-order chi connectivity index (χ1) is 9.81. The van der Waals surface area contributed by atoms with E-state index < -0.39 is 0 Å².